The molecule has 1 aromatic heterocycles. The van der Waals surface area contributed by atoms with Crippen molar-refractivity contribution in [3.05, 3.63) is 21.4 Å². The maximum atomic E-state index is 12.0. The minimum Gasteiger partial charge on any atom is -0.293 e. The first-order chi connectivity index (χ1) is 7.66. The van der Waals surface area contributed by atoms with Crippen molar-refractivity contribution in [1.82, 2.24) is 0 Å². The molecule has 1 fully saturated rings. The number of carbonyl (C=O) groups is 1. The maximum absolute atomic E-state index is 12.0. The summed E-state index contributed by atoms with van der Waals surface area (Å²) in [6.07, 6.45) is 5.31. The summed E-state index contributed by atoms with van der Waals surface area (Å²) >= 11 is 3.59. The zero-order valence-corrected chi connectivity index (χ0v) is 11.5. The lowest BCUT2D eigenvalue weighted by atomic mass is 10.2. The van der Waals surface area contributed by atoms with E-state index in [1.807, 2.05) is 24.8 Å². The van der Waals surface area contributed by atoms with Crippen molar-refractivity contribution in [3.63, 3.8) is 0 Å². The van der Waals surface area contributed by atoms with Gasteiger partial charge in [0.25, 0.3) is 0 Å². The number of ketones is 1. The predicted octanol–water partition coefficient (Wildman–Crippen LogP) is 4.22. The molecule has 1 saturated carbocycles. The van der Waals surface area contributed by atoms with E-state index in [4.69, 9.17) is 0 Å². The highest BCUT2D eigenvalue weighted by molar-refractivity contribution is 8.00. The Morgan fingerprint density at radius 2 is 2.12 bits per heavy atom. The van der Waals surface area contributed by atoms with Gasteiger partial charge in [0, 0.05) is 20.6 Å². The predicted molar refractivity (Wildman–Crippen MR) is 72.8 cm³/mol. The molecule has 1 aliphatic carbocycles. The highest BCUT2D eigenvalue weighted by atomic mass is 32.2. The van der Waals surface area contributed by atoms with Gasteiger partial charge in [-0.25, -0.2) is 0 Å². The third-order valence-electron chi connectivity index (χ3n) is 3.09. The van der Waals surface area contributed by atoms with Gasteiger partial charge in [0.1, 0.15) is 0 Å². The summed E-state index contributed by atoms with van der Waals surface area (Å²) in [4.78, 5) is 14.4. The van der Waals surface area contributed by atoms with Crippen molar-refractivity contribution in [1.29, 1.82) is 0 Å². The molecule has 0 atom stereocenters. The van der Waals surface area contributed by atoms with Gasteiger partial charge in [-0.05, 0) is 32.8 Å². The van der Waals surface area contributed by atoms with Crippen LogP contribution in [0.1, 0.15) is 45.8 Å². The van der Waals surface area contributed by atoms with Crippen molar-refractivity contribution < 1.29 is 4.79 Å². The van der Waals surface area contributed by atoms with Crippen LogP contribution in [0.25, 0.3) is 0 Å². The monoisotopic (exact) mass is 254 g/mol. The second-order valence-electron chi connectivity index (χ2n) is 4.47. The Hall–Kier alpha value is -0.280. The first kappa shape index (κ1) is 12.2. The summed E-state index contributed by atoms with van der Waals surface area (Å²) in [5, 5.41) is 0.740. The van der Waals surface area contributed by atoms with Crippen LogP contribution in [-0.2, 0) is 0 Å². The Labute approximate surface area is 106 Å². The Balaban J connectivity index is 1.90. The number of thioether (sulfide) groups is 1. The van der Waals surface area contributed by atoms with Crippen molar-refractivity contribution >= 4 is 28.9 Å². The summed E-state index contributed by atoms with van der Waals surface area (Å²) in [5.41, 5.74) is 0.952. The van der Waals surface area contributed by atoms with E-state index in [2.05, 4.69) is 6.92 Å². The smallest absolute Gasteiger partial charge is 0.173 e. The molecule has 0 amide bonds. The van der Waals surface area contributed by atoms with E-state index in [0.717, 1.165) is 10.8 Å². The van der Waals surface area contributed by atoms with E-state index >= 15 is 0 Å². The first-order valence-corrected chi connectivity index (χ1v) is 7.75. The highest BCUT2D eigenvalue weighted by Crippen LogP contribution is 2.30. The maximum Gasteiger partial charge on any atom is 0.173 e. The zero-order chi connectivity index (χ0) is 11.5. The van der Waals surface area contributed by atoms with Crippen LogP contribution in [0.15, 0.2) is 6.07 Å². The molecule has 1 aliphatic rings. The van der Waals surface area contributed by atoms with Crippen molar-refractivity contribution in [2.45, 2.75) is 44.8 Å². The van der Waals surface area contributed by atoms with E-state index in [-0.39, 0.29) is 0 Å². The zero-order valence-electron chi connectivity index (χ0n) is 9.91. The molecule has 1 aromatic rings. The molecule has 16 heavy (non-hydrogen) atoms. The van der Waals surface area contributed by atoms with Crippen LogP contribution in [0, 0.1) is 13.8 Å². The van der Waals surface area contributed by atoms with Gasteiger partial charge in [0.2, 0.25) is 0 Å². The molecule has 1 heterocycles. The molecule has 0 spiro atoms. The molecule has 88 valence electrons. The molecule has 0 radical (unpaired) electrons. The quantitative estimate of drug-likeness (QED) is 0.748. The van der Waals surface area contributed by atoms with Gasteiger partial charge >= 0.3 is 0 Å². The number of thiophene rings is 1. The van der Waals surface area contributed by atoms with Gasteiger partial charge in [-0.15, -0.1) is 11.3 Å². The van der Waals surface area contributed by atoms with Gasteiger partial charge < -0.3 is 0 Å². The highest BCUT2D eigenvalue weighted by Gasteiger charge is 2.18. The third-order valence-corrected chi connectivity index (χ3v) is 5.43. The third kappa shape index (κ3) is 2.89. The van der Waals surface area contributed by atoms with Crippen LogP contribution in [-0.4, -0.2) is 16.8 Å². The summed E-state index contributed by atoms with van der Waals surface area (Å²) in [5.74, 6) is 0.987. The molecular formula is C13H18OS2. The number of hydrogen-bond acceptors (Lipinski definition) is 3. The minimum absolute atomic E-state index is 0.318. The lowest BCUT2D eigenvalue weighted by Crippen LogP contribution is -2.06. The van der Waals surface area contributed by atoms with Gasteiger partial charge in [-0.3, -0.25) is 4.79 Å². The second-order valence-corrected chi connectivity index (χ2v) is 7.22. The van der Waals surface area contributed by atoms with Gasteiger partial charge in [-0.1, -0.05) is 12.8 Å². The van der Waals surface area contributed by atoms with Crippen LogP contribution in [0.5, 0.6) is 0 Å². The molecule has 2 rings (SSSR count). The Bertz CT molecular complexity index is 375. The molecule has 0 aliphatic heterocycles. The molecule has 3 heteroatoms. The van der Waals surface area contributed by atoms with E-state index < -0.39 is 0 Å². The van der Waals surface area contributed by atoms with Crippen LogP contribution < -0.4 is 0 Å². The molecule has 0 unspecified atom stereocenters. The number of Topliss-reactive ketones (excluding diaryl/α,β-unsaturated/α-hetero) is 1. The first-order valence-electron chi connectivity index (χ1n) is 5.88. The van der Waals surface area contributed by atoms with Crippen LogP contribution in [0.2, 0.25) is 0 Å². The minimum atomic E-state index is 0.318. The number of aryl methyl sites for hydroxylation is 2. The van der Waals surface area contributed by atoms with E-state index in [0.29, 0.717) is 11.5 Å². The molecule has 0 saturated heterocycles. The summed E-state index contributed by atoms with van der Waals surface area (Å²) < 4.78 is 0. The Morgan fingerprint density at radius 3 is 2.69 bits per heavy atom. The molecule has 0 aromatic carbocycles. The fourth-order valence-electron chi connectivity index (χ4n) is 2.23. The molecule has 0 bridgehead atoms. The van der Waals surface area contributed by atoms with E-state index in [9.17, 15) is 4.79 Å². The summed E-state index contributed by atoms with van der Waals surface area (Å²) in [6.45, 7) is 4.11. The van der Waals surface area contributed by atoms with Crippen molar-refractivity contribution in [2.24, 2.45) is 0 Å². The van der Waals surface area contributed by atoms with Gasteiger partial charge in [0.15, 0.2) is 5.78 Å². The topological polar surface area (TPSA) is 17.1 Å². The molecular weight excluding hydrogens is 236 g/mol. The van der Waals surface area contributed by atoms with E-state index in [1.54, 1.807) is 11.3 Å². The standard InChI is InChI=1S/C13H18OS2/c1-9-7-12(10(2)16-9)13(14)8-15-11-5-3-4-6-11/h7,11H,3-6,8H2,1-2H3. The Morgan fingerprint density at radius 1 is 1.44 bits per heavy atom. The fourth-order valence-corrected chi connectivity index (χ4v) is 4.39. The Kier molecular flexibility index (Phi) is 4.09. The van der Waals surface area contributed by atoms with Crippen molar-refractivity contribution in [2.75, 3.05) is 5.75 Å². The normalized spacial score (nSPS) is 16.9. The summed E-state index contributed by atoms with van der Waals surface area (Å²) in [7, 11) is 0. The SMILES string of the molecule is Cc1cc(C(=O)CSC2CCCC2)c(C)s1. The van der Waals surface area contributed by atoms with E-state index in [1.165, 1.54) is 35.4 Å². The lowest BCUT2D eigenvalue weighted by molar-refractivity contribution is 0.102. The summed E-state index contributed by atoms with van der Waals surface area (Å²) in [6, 6.07) is 2.04. The second kappa shape index (κ2) is 5.37. The fraction of sp³-hybridized carbons (Fsp3) is 0.615. The largest absolute Gasteiger partial charge is 0.293 e. The lowest BCUT2D eigenvalue weighted by Gasteiger charge is -2.07. The number of carbonyl (C=O) groups excluding carboxylic acids is 1. The average Bonchev–Trinajstić information content (AvgIpc) is 2.84. The van der Waals surface area contributed by atoms with Gasteiger partial charge in [0.05, 0.1) is 5.75 Å². The molecule has 0 N–H and O–H groups in total. The number of hydrogen-bond donors (Lipinski definition) is 0. The van der Waals surface area contributed by atoms with Crippen LogP contribution in [0.4, 0.5) is 0 Å². The molecule has 1 nitrogen and oxygen atoms in total. The van der Waals surface area contributed by atoms with Crippen molar-refractivity contribution in [3.8, 4) is 0 Å². The van der Waals surface area contributed by atoms with Gasteiger partial charge in [-0.2, -0.15) is 11.8 Å². The number of rotatable bonds is 4. The average molecular weight is 254 g/mol. The van der Waals surface area contributed by atoms with Crippen LogP contribution in [0.3, 0.4) is 0 Å². The van der Waals surface area contributed by atoms with Crippen LogP contribution >= 0.6 is 23.1 Å².